The van der Waals surface area contributed by atoms with E-state index in [0.717, 1.165) is 40.4 Å². The highest BCUT2D eigenvalue weighted by atomic mass is 35.5. The lowest BCUT2D eigenvalue weighted by Gasteiger charge is -2.06. The van der Waals surface area contributed by atoms with Crippen molar-refractivity contribution in [3.63, 3.8) is 0 Å². The first kappa shape index (κ1) is 14.3. The Labute approximate surface area is 133 Å². The monoisotopic (exact) mass is 317 g/mol. The van der Waals surface area contributed by atoms with Crippen molar-refractivity contribution < 1.29 is 0 Å². The Morgan fingerprint density at radius 2 is 2.00 bits per heavy atom. The second-order valence-electron chi connectivity index (χ2n) is 4.81. The normalized spacial score (nSPS) is 11.0. The van der Waals surface area contributed by atoms with E-state index in [4.69, 9.17) is 11.6 Å². The van der Waals surface area contributed by atoms with E-state index >= 15 is 0 Å². The Morgan fingerprint density at radius 3 is 2.76 bits per heavy atom. The molecule has 3 aromatic rings. The lowest BCUT2D eigenvalue weighted by molar-refractivity contribution is 1.01. The second-order valence-corrected chi connectivity index (χ2v) is 6.36. The number of hydrogen-bond acceptors (Lipinski definition) is 4. The van der Waals surface area contributed by atoms with E-state index in [2.05, 4.69) is 40.4 Å². The fraction of sp³-hybridized carbons (Fsp3) is 0.250. The van der Waals surface area contributed by atoms with Gasteiger partial charge in [0.25, 0.3) is 0 Å². The molecule has 2 aromatic heterocycles. The van der Waals surface area contributed by atoms with Gasteiger partial charge in [0, 0.05) is 16.4 Å². The molecular weight excluding hydrogens is 302 g/mol. The largest absolute Gasteiger partial charge is 0.369 e. The van der Waals surface area contributed by atoms with Crippen LogP contribution in [0.15, 0.2) is 36.7 Å². The van der Waals surface area contributed by atoms with Crippen LogP contribution in [0.25, 0.3) is 10.2 Å². The third-order valence-electron chi connectivity index (χ3n) is 3.35. The molecule has 0 amide bonds. The average molecular weight is 318 g/mol. The third-order valence-corrected chi connectivity index (χ3v) is 4.79. The van der Waals surface area contributed by atoms with Crippen molar-refractivity contribution in [1.29, 1.82) is 0 Å². The van der Waals surface area contributed by atoms with Gasteiger partial charge >= 0.3 is 0 Å². The molecule has 0 aliphatic rings. The van der Waals surface area contributed by atoms with Crippen LogP contribution in [0.5, 0.6) is 0 Å². The van der Waals surface area contributed by atoms with Gasteiger partial charge in [-0.3, -0.25) is 0 Å². The maximum Gasteiger partial charge on any atom is 0.138 e. The fourth-order valence-corrected chi connectivity index (χ4v) is 3.26. The number of fused-ring (bicyclic) bond motifs is 1. The molecule has 0 aliphatic carbocycles. The minimum atomic E-state index is 0.773. The van der Waals surface area contributed by atoms with E-state index in [1.54, 1.807) is 17.7 Å². The molecule has 0 saturated carbocycles. The molecular formula is C16H16ClN3S. The van der Waals surface area contributed by atoms with Gasteiger partial charge in [0.15, 0.2) is 0 Å². The van der Waals surface area contributed by atoms with Crippen molar-refractivity contribution in [1.82, 2.24) is 9.97 Å². The maximum atomic E-state index is 5.89. The van der Waals surface area contributed by atoms with E-state index in [-0.39, 0.29) is 0 Å². The molecule has 108 valence electrons. The lowest BCUT2D eigenvalue weighted by Crippen LogP contribution is -2.06. The fourth-order valence-electron chi connectivity index (χ4n) is 2.20. The summed E-state index contributed by atoms with van der Waals surface area (Å²) < 4.78 is 0. The molecule has 0 aliphatic heterocycles. The summed E-state index contributed by atoms with van der Waals surface area (Å²) in [5, 5.41) is 5.30. The summed E-state index contributed by atoms with van der Waals surface area (Å²) in [6, 6.07) is 10.1. The molecule has 0 spiro atoms. The molecule has 1 N–H and O–H groups in total. The summed E-state index contributed by atoms with van der Waals surface area (Å²) in [6.07, 6.45) is 3.60. The summed E-state index contributed by atoms with van der Waals surface area (Å²) >= 11 is 7.63. The second kappa shape index (κ2) is 6.41. The molecule has 0 fully saturated rings. The van der Waals surface area contributed by atoms with Gasteiger partial charge in [-0.05, 0) is 36.6 Å². The van der Waals surface area contributed by atoms with E-state index in [9.17, 15) is 0 Å². The summed E-state index contributed by atoms with van der Waals surface area (Å²) in [6.45, 7) is 3.00. The number of halogens is 1. The third kappa shape index (κ3) is 3.34. The van der Waals surface area contributed by atoms with Crippen LogP contribution < -0.4 is 5.32 Å². The standard InChI is InChI=1S/C16H16ClN3S/c1-2-13-9-14-15(19-10-20-16(14)21-13)18-8-7-11-3-5-12(17)6-4-11/h3-6,9-10H,2,7-8H2,1H3,(H,18,19,20). The molecule has 21 heavy (non-hydrogen) atoms. The van der Waals surface area contributed by atoms with Crippen LogP contribution in [-0.4, -0.2) is 16.5 Å². The van der Waals surface area contributed by atoms with Gasteiger partial charge in [-0.15, -0.1) is 11.3 Å². The minimum Gasteiger partial charge on any atom is -0.369 e. The van der Waals surface area contributed by atoms with E-state index in [1.807, 2.05) is 12.1 Å². The molecule has 3 rings (SSSR count). The van der Waals surface area contributed by atoms with Gasteiger partial charge in [0.2, 0.25) is 0 Å². The van der Waals surface area contributed by atoms with Crippen molar-refractivity contribution in [2.45, 2.75) is 19.8 Å². The summed E-state index contributed by atoms with van der Waals surface area (Å²) in [7, 11) is 0. The minimum absolute atomic E-state index is 0.773. The topological polar surface area (TPSA) is 37.8 Å². The van der Waals surface area contributed by atoms with E-state index in [0.29, 0.717) is 0 Å². The van der Waals surface area contributed by atoms with Gasteiger partial charge in [-0.2, -0.15) is 0 Å². The Kier molecular flexibility index (Phi) is 4.36. The molecule has 1 aromatic carbocycles. The zero-order valence-electron chi connectivity index (χ0n) is 11.8. The molecule has 0 radical (unpaired) electrons. The van der Waals surface area contributed by atoms with Gasteiger partial charge in [0.1, 0.15) is 17.0 Å². The summed E-state index contributed by atoms with van der Waals surface area (Å²) in [5.41, 5.74) is 1.26. The average Bonchev–Trinajstić information content (AvgIpc) is 2.93. The van der Waals surface area contributed by atoms with Crippen molar-refractivity contribution in [3.8, 4) is 0 Å². The van der Waals surface area contributed by atoms with Crippen LogP contribution in [0, 0.1) is 0 Å². The highest BCUT2D eigenvalue weighted by molar-refractivity contribution is 7.18. The molecule has 3 nitrogen and oxygen atoms in total. The highest BCUT2D eigenvalue weighted by Gasteiger charge is 2.07. The van der Waals surface area contributed by atoms with Crippen molar-refractivity contribution in [2.24, 2.45) is 0 Å². The number of hydrogen-bond donors (Lipinski definition) is 1. The number of thiophene rings is 1. The predicted molar refractivity (Wildman–Crippen MR) is 90.4 cm³/mol. The van der Waals surface area contributed by atoms with Crippen molar-refractivity contribution in [3.05, 3.63) is 52.1 Å². The number of aryl methyl sites for hydroxylation is 1. The smallest absolute Gasteiger partial charge is 0.138 e. The molecule has 5 heteroatoms. The first-order chi connectivity index (χ1) is 10.3. The van der Waals surface area contributed by atoms with Crippen LogP contribution in [0.2, 0.25) is 5.02 Å². The van der Waals surface area contributed by atoms with Gasteiger partial charge < -0.3 is 5.32 Å². The molecule has 2 heterocycles. The van der Waals surface area contributed by atoms with E-state index in [1.165, 1.54) is 10.4 Å². The first-order valence-electron chi connectivity index (χ1n) is 6.98. The summed E-state index contributed by atoms with van der Waals surface area (Å²) in [4.78, 5) is 11.1. The van der Waals surface area contributed by atoms with Crippen LogP contribution in [0.3, 0.4) is 0 Å². The molecule has 0 saturated heterocycles. The quantitative estimate of drug-likeness (QED) is 0.749. The van der Waals surface area contributed by atoms with Crippen LogP contribution >= 0.6 is 22.9 Å². The number of nitrogens with zero attached hydrogens (tertiary/aromatic N) is 2. The molecule has 0 bridgehead atoms. The van der Waals surface area contributed by atoms with Crippen molar-refractivity contribution in [2.75, 3.05) is 11.9 Å². The SMILES string of the molecule is CCc1cc2c(NCCc3ccc(Cl)cc3)ncnc2s1. The predicted octanol–water partition coefficient (Wildman–Crippen LogP) is 4.56. The van der Waals surface area contributed by atoms with E-state index < -0.39 is 0 Å². The molecule has 0 atom stereocenters. The Balaban J connectivity index is 1.70. The van der Waals surface area contributed by atoms with Crippen LogP contribution in [0.4, 0.5) is 5.82 Å². The highest BCUT2D eigenvalue weighted by Crippen LogP contribution is 2.28. The maximum absolute atomic E-state index is 5.89. The number of anilines is 1. The number of rotatable bonds is 5. The molecule has 0 unspecified atom stereocenters. The zero-order chi connectivity index (χ0) is 14.7. The summed E-state index contributed by atoms with van der Waals surface area (Å²) in [5.74, 6) is 0.921. The van der Waals surface area contributed by atoms with Crippen LogP contribution in [0.1, 0.15) is 17.4 Å². The Bertz CT molecular complexity index is 737. The van der Waals surface area contributed by atoms with Gasteiger partial charge in [0.05, 0.1) is 5.39 Å². The lowest BCUT2D eigenvalue weighted by atomic mass is 10.1. The zero-order valence-corrected chi connectivity index (χ0v) is 13.3. The van der Waals surface area contributed by atoms with Crippen molar-refractivity contribution >= 4 is 39.0 Å². The Morgan fingerprint density at radius 1 is 1.19 bits per heavy atom. The first-order valence-corrected chi connectivity index (χ1v) is 8.17. The Hall–Kier alpha value is -1.65. The number of benzene rings is 1. The van der Waals surface area contributed by atoms with Gasteiger partial charge in [-0.25, -0.2) is 9.97 Å². The van der Waals surface area contributed by atoms with Crippen LogP contribution in [-0.2, 0) is 12.8 Å². The van der Waals surface area contributed by atoms with Gasteiger partial charge in [-0.1, -0.05) is 30.7 Å². The number of nitrogens with one attached hydrogen (secondary N) is 1. The number of aromatic nitrogens is 2.